The second-order valence-corrected chi connectivity index (χ2v) is 5.73. The fourth-order valence-corrected chi connectivity index (χ4v) is 3.01. The molecular formula is C14H26N4O2. The number of amides is 3. The predicted molar refractivity (Wildman–Crippen MR) is 77.2 cm³/mol. The van der Waals surface area contributed by atoms with Crippen molar-refractivity contribution in [2.75, 3.05) is 26.2 Å². The molecule has 0 radical (unpaired) electrons. The minimum Gasteiger partial charge on any atom is -0.341 e. The highest BCUT2D eigenvalue weighted by Gasteiger charge is 2.32. The van der Waals surface area contributed by atoms with Crippen LogP contribution in [0.25, 0.3) is 0 Å². The molecule has 3 N–H and O–H groups in total. The van der Waals surface area contributed by atoms with Crippen LogP contribution in [-0.4, -0.2) is 60.0 Å². The van der Waals surface area contributed by atoms with E-state index in [0.717, 1.165) is 45.2 Å². The van der Waals surface area contributed by atoms with Crippen molar-refractivity contribution in [1.29, 1.82) is 0 Å². The van der Waals surface area contributed by atoms with Gasteiger partial charge in [0.1, 0.15) is 0 Å². The van der Waals surface area contributed by atoms with Gasteiger partial charge in [0.05, 0.1) is 6.04 Å². The first kappa shape index (κ1) is 15.1. The molecule has 0 spiro atoms. The van der Waals surface area contributed by atoms with Crippen molar-refractivity contribution in [3.05, 3.63) is 0 Å². The molecule has 2 rings (SSSR count). The third kappa shape index (κ3) is 3.42. The van der Waals surface area contributed by atoms with Gasteiger partial charge in [0.15, 0.2) is 0 Å². The highest BCUT2D eigenvalue weighted by atomic mass is 16.2. The van der Waals surface area contributed by atoms with Crippen LogP contribution in [0.15, 0.2) is 0 Å². The van der Waals surface area contributed by atoms with E-state index in [1.54, 1.807) is 0 Å². The molecule has 3 amide bonds. The Bertz CT molecular complexity index is 353. The zero-order valence-corrected chi connectivity index (χ0v) is 12.3. The van der Waals surface area contributed by atoms with Gasteiger partial charge in [-0.05, 0) is 19.3 Å². The van der Waals surface area contributed by atoms with Crippen LogP contribution in [0, 0.1) is 0 Å². The third-order valence-electron chi connectivity index (χ3n) is 4.29. The molecule has 6 heteroatoms. The van der Waals surface area contributed by atoms with Gasteiger partial charge in [0.2, 0.25) is 5.91 Å². The predicted octanol–water partition coefficient (Wildman–Crippen LogP) is 0.520. The summed E-state index contributed by atoms with van der Waals surface area (Å²) >= 11 is 0. The Morgan fingerprint density at radius 1 is 1.40 bits per heavy atom. The molecule has 0 aliphatic carbocycles. The largest absolute Gasteiger partial charge is 0.341 e. The maximum atomic E-state index is 12.2. The Morgan fingerprint density at radius 3 is 2.65 bits per heavy atom. The van der Waals surface area contributed by atoms with E-state index >= 15 is 0 Å². The van der Waals surface area contributed by atoms with E-state index in [9.17, 15) is 9.59 Å². The first-order valence-corrected chi connectivity index (χ1v) is 7.72. The number of nitrogens with two attached hydrogens (primary N) is 1. The van der Waals surface area contributed by atoms with Crippen molar-refractivity contribution in [3.8, 4) is 0 Å². The van der Waals surface area contributed by atoms with Crippen LogP contribution in [0.4, 0.5) is 4.79 Å². The van der Waals surface area contributed by atoms with E-state index < -0.39 is 0 Å². The van der Waals surface area contributed by atoms with Gasteiger partial charge in [-0.3, -0.25) is 4.79 Å². The highest BCUT2D eigenvalue weighted by molar-refractivity contribution is 5.81. The number of carbonyl (C=O) groups is 2. The SMILES string of the molecule is CCCCC(N)C(=O)N1CCC(N2CCNC2=O)CC1. The molecule has 0 saturated carbocycles. The number of rotatable bonds is 5. The number of nitrogens with zero attached hydrogens (tertiary/aromatic N) is 2. The van der Waals surface area contributed by atoms with Gasteiger partial charge < -0.3 is 20.9 Å². The Hall–Kier alpha value is -1.30. The summed E-state index contributed by atoms with van der Waals surface area (Å²) in [5.41, 5.74) is 5.95. The van der Waals surface area contributed by atoms with Gasteiger partial charge in [-0.25, -0.2) is 4.79 Å². The Labute approximate surface area is 120 Å². The lowest BCUT2D eigenvalue weighted by atomic mass is 10.0. The zero-order chi connectivity index (χ0) is 14.5. The topological polar surface area (TPSA) is 78.7 Å². The fourth-order valence-electron chi connectivity index (χ4n) is 3.01. The molecule has 2 aliphatic rings. The van der Waals surface area contributed by atoms with E-state index in [1.165, 1.54) is 0 Å². The lowest BCUT2D eigenvalue weighted by Crippen LogP contribution is -2.51. The number of carbonyl (C=O) groups excluding carboxylic acids is 2. The molecule has 114 valence electrons. The molecule has 0 aromatic rings. The molecule has 1 atom stereocenters. The maximum Gasteiger partial charge on any atom is 0.317 e. The van der Waals surface area contributed by atoms with Crippen LogP contribution < -0.4 is 11.1 Å². The van der Waals surface area contributed by atoms with Crippen molar-refractivity contribution >= 4 is 11.9 Å². The number of urea groups is 1. The van der Waals surface area contributed by atoms with Crippen molar-refractivity contribution in [3.63, 3.8) is 0 Å². The molecule has 0 aromatic carbocycles. The van der Waals surface area contributed by atoms with Gasteiger partial charge >= 0.3 is 6.03 Å². The van der Waals surface area contributed by atoms with Gasteiger partial charge in [-0.2, -0.15) is 0 Å². The van der Waals surface area contributed by atoms with Crippen LogP contribution in [0.2, 0.25) is 0 Å². The smallest absolute Gasteiger partial charge is 0.317 e. The molecule has 2 fully saturated rings. The monoisotopic (exact) mass is 282 g/mol. The van der Waals surface area contributed by atoms with E-state index in [2.05, 4.69) is 12.2 Å². The maximum absolute atomic E-state index is 12.2. The minimum atomic E-state index is -0.360. The first-order valence-electron chi connectivity index (χ1n) is 7.72. The van der Waals surface area contributed by atoms with E-state index in [4.69, 9.17) is 5.73 Å². The molecule has 1 unspecified atom stereocenters. The lowest BCUT2D eigenvalue weighted by molar-refractivity contribution is -0.134. The lowest BCUT2D eigenvalue weighted by Gasteiger charge is -2.37. The summed E-state index contributed by atoms with van der Waals surface area (Å²) in [6.45, 7) is 5.05. The van der Waals surface area contributed by atoms with Crippen LogP contribution in [0.5, 0.6) is 0 Å². The molecule has 2 aliphatic heterocycles. The Morgan fingerprint density at radius 2 is 2.10 bits per heavy atom. The Kier molecular flexibility index (Phi) is 5.23. The molecule has 0 bridgehead atoms. The van der Waals surface area contributed by atoms with Gasteiger partial charge in [-0.1, -0.05) is 19.8 Å². The van der Waals surface area contributed by atoms with E-state index in [-0.39, 0.29) is 24.0 Å². The second-order valence-electron chi connectivity index (χ2n) is 5.73. The minimum absolute atomic E-state index is 0.0365. The molecule has 20 heavy (non-hydrogen) atoms. The number of unbranched alkanes of at least 4 members (excludes halogenated alkanes) is 1. The van der Waals surface area contributed by atoms with Crippen LogP contribution in [0.1, 0.15) is 39.0 Å². The first-order chi connectivity index (χ1) is 9.63. The summed E-state index contributed by atoms with van der Waals surface area (Å²) < 4.78 is 0. The number of hydrogen-bond donors (Lipinski definition) is 2. The van der Waals surface area contributed by atoms with Gasteiger partial charge in [0, 0.05) is 32.2 Å². The van der Waals surface area contributed by atoms with E-state index in [1.807, 2.05) is 9.80 Å². The number of likely N-dealkylation sites (tertiary alicyclic amines) is 1. The average Bonchev–Trinajstić information content (AvgIpc) is 2.90. The van der Waals surface area contributed by atoms with Crippen LogP contribution in [-0.2, 0) is 4.79 Å². The van der Waals surface area contributed by atoms with Crippen molar-refractivity contribution < 1.29 is 9.59 Å². The summed E-state index contributed by atoms with van der Waals surface area (Å²) in [6.07, 6.45) is 4.55. The third-order valence-corrected chi connectivity index (χ3v) is 4.29. The van der Waals surface area contributed by atoms with Gasteiger partial charge in [0.25, 0.3) is 0 Å². The zero-order valence-electron chi connectivity index (χ0n) is 12.3. The van der Waals surface area contributed by atoms with Crippen molar-refractivity contribution in [2.24, 2.45) is 5.73 Å². The summed E-state index contributed by atoms with van der Waals surface area (Å²) in [6, 6.07) is -0.0515. The standard InChI is InChI=1S/C14H26N4O2/c1-2-3-4-12(15)13(19)17-8-5-11(6-9-17)18-10-7-16-14(18)20/h11-12H,2-10,15H2,1H3,(H,16,20). The van der Waals surface area contributed by atoms with Crippen LogP contribution >= 0.6 is 0 Å². The molecule has 0 aromatic heterocycles. The summed E-state index contributed by atoms with van der Waals surface area (Å²) in [5.74, 6) is 0.0720. The van der Waals surface area contributed by atoms with Crippen molar-refractivity contribution in [2.45, 2.75) is 51.1 Å². The van der Waals surface area contributed by atoms with Gasteiger partial charge in [-0.15, -0.1) is 0 Å². The number of nitrogens with one attached hydrogen (secondary N) is 1. The molecule has 6 nitrogen and oxygen atoms in total. The summed E-state index contributed by atoms with van der Waals surface area (Å²) in [5, 5.41) is 2.83. The molecule has 2 heterocycles. The molecule has 2 saturated heterocycles. The molecular weight excluding hydrogens is 256 g/mol. The Balaban J connectivity index is 1.78. The van der Waals surface area contributed by atoms with E-state index in [0.29, 0.717) is 13.1 Å². The number of piperidine rings is 1. The van der Waals surface area contributed by atoms with Crippen molar-refractivity contribution in [1.82, 2.24) is 15.1 Å². The summed E-state index contributed by atoms with van der Waals surface area (Å²) in [7, 11) is 0. The quantitative estimate of drug-likeness (QED) is 0.771. The number of hydrogen-bond acceptors (Lipinski definition) is 3. The normalized spacial score (nSPS) is 22.0. The fraction of sp³-hybridized carbons (Fsp3) is 0.857. The van der Waals surface area contributed by atoms with Crippen LogP contribution in [0.3, 0.4) is 0 Å². The average molecular weight is 282 g/mol. The highest BCUT2D eigenvalue weighted by Crippen LogP contribution is 2.19. The summed E-state index contributed by atoms with van der Waals surface area (Å²) in [4.78, 5) is 27.6. The second kappa shape index (κ2) is 6.92.